The summed E-state index contributed by atoms with van der Waals surface area (Å²) in [6.07, 6.45) is 21.2. The number of hydrogen-bond donors (Lipinski definition) is 2. The average molecular weight is 315 g/mol. The molecule has 0 unspecified atom stereocenters. The summed E-state index contributed by atoms with van der Waals surface area (Å²) in [5, 5.41) is 15.5. The molecule has 0 radical (unpaired) electrons. The molecule has 0 spiro atoms. The van der Waals surface area contributed by atoms with Crippen LogP contribution in [0, 0.1) is 0 Å². The van der Waals surface area contributed by atoms with Crippen molar-refractivity contribution < 1.29 is 15.0 Å². The number of carboxylic acid groups (broad SMARTS) is 1. The monoisotopic (exact) mass is 314 g/mol. The van der Waals surface area contributed by atoms with Crippen LogP contribution in [0.4, 0.5) is 0 Å². The second-order valence-corrected chi connectivity index (χ2v) is 5.73. The number of hydrogen-bond acceptors (Lipinski definition) is 2. The van der Waals surface area contributed by atoms with E-state index in [9.17, 15) is 4.79 Å². The highest BCUT2D eigenvalue weighted by Crippen LogP contribution is 2.09. The molecule has 0 bridgehead atoms. The first-order valence-electron chi connectivity index (χ1n) is 9.09. The van der Waals surface area contributed by atoms with Gasteiger partial charge in [-0.15, -0.1) is 0 Å². The highest BCUT2D eigenvalue weighted by Gasteiger charge is 1.95. The van der Waals surface area contributed by atoms with Crippen molar-refractivity contribution in [3.05, 3.63) is 12.2 Å². The molecule has 0 aliphatic rings. The molecule has 0 saturated heterocycles. The second kappa shape index (κ2) is 22.5. The minimum atomic E-state index is -0.664. The summed E-state index contributed by atoms with van der Waals surface area (Å²) in [7, 11) is 1.00. The third-order valence-corrected chi connectivity index (χ3v) is 3.65. The summed E-state index contributed by atoms with van der Waals surface area (Å²) < 4.78 is 0. The van der Waals surface area contributed by atoms with Gasteiger partial charge < -0.3 is 10.2 Å². The normalized spacial score (nSPS) is 10.5. The summed E-state index contributed by atoms with van der Waals surface area (Å²) in [4.78, 5) is 10.3. The van der Waals surface area contributed by atoms with Crippen molar-refractivity contribution in [2.24, 2.45) is 0 Å². The average Bonchev–Trinajstić information content (AvgIpc) is 2.53. The maximum atomic E-state index is 10.3. The van der Waals surface area contributed by atoms with Gasteiger partial charge in [0, 0.05) is 13.5 Å². The lowest BCUT2D eigenvalue weighted by Gasteiger charge is -1.99. The number of carboxylic acids is 1. The first-order chi connectivity index (χ1) is 10.8. The van der Waals surface area contributed by atoms with E-state index < -0.39 is 5.97 Å². The van der Waals surface area contributed by atoms with Crippen LogP contribution in [-0.2, 0) is 4.79 Å². The van der Waals surface area contributed by atoms with Gasteiger partial charge >= 0.3 is 5.97 Å². The van der Waals surface area contributed by atoms with Gasteiger partial charge in [0.05, 0.1) is 0 Å². The minimum absolute atomic E-state index is 0.332. The van der Waals surface area contributed by atoms with E-state index in [0.717, 1.165) is 20.0 Å². The number of aliphatic carboxylic acids is 1. The molecule has 0 rings (SSSR count). The number of aliphatic hydroxyl groups is 1. The number of carbonyl (C=O) groups is 1. The van der Waals surface area contributed by atoms with Crippen LogP contribution < -0.4 is 0 Å². The molecule has 0 aromatic carbocycles. The molecular formula is C19H38O3. The van der Waals surface area contributed by atoms with Crippen LogP contribution in [-0.4, -0.2) is 23.3 Å². The van der Waals surface area contributed by atoms with E-state index in [1.807, 2.05) is 0 Å². The summed E-state index contributed by atoms with van der Waals surface area (Å²) >= 11 is 0. The van der Waals surface area contributed by atoms with Gasteiger partial charge in [-0.2, -0.15) is 0 Å². The largest absolute Gasteiger partial charge is 0.481 e. The number of unbranched alkanes of at least 4 members (excludes halogenated alkanes) is 11. The van der Waals surface area contributed by atoms with Crippen molar-refractivity contribution in [1.82, 2.24) is 0 Å². The molecule has 0 atom stereocenters. The molecule has 0 aromatic heterocycles. The molecule has 0 amide bonds. The minimum Gasteiger partial charge on any atom is -0.481 e. The Labute approximate surface area is 137 Å². The summed E-state index contributed by atoms with van der Waals surface area (Å²) in [5.74, 6) is -0.664. The first-order valence-corrected chi connectivity index (χ1v) is 9.09. The van der Waals surface area contributed by atoms with E-state index in [1.165, 1.54) is 70.6 Å². The molecular weight excluding hydrogens is 276 g/mol. The van der Waals surface area contributed by atoms with Crippen LogP contribution in [0.2, 0.25) is 0 Å². The zero-order chi connectivity index (χ0) is 16.9. The van der Waals surface area contributed by atoms with Crippen molar-refractivity contribution in [2.45, 2.75) is 96.8 Å². The van der Waals surface area contributed by atoms with Crippen molar-refractivity contribution in [2.75, 3.05) is 7.11 Å². The topological polar surface area (TPSA) is 57.5 Å². The summed E-state index contributed by atoms with van der Waals surface area (Å²) in [5.41, 5.74) is 0. The van der Waals surface area contributed by atoms with Gasteiger partial charge in [-0.1, -0.05) is 70.4 Å². The number of rotatable bonds is 15. The zero-order valence-corrected chi connectivity index (χ0v) is 14.9. The quantitative estimate of drug-likeness (QED) is 0.300. The van der Waals surface area contributed by atoms with Crippen molar-refractivity contribution >= 4 is 5.97 Å². The molecule has 0 aromatic rings. The molecule has 3 heteroatoms. The number of aliphatic hydroxyl groups excluding tert-OH is 1. The van der Waals surface area contributed by atoms with Gasteiger partial charge in [0.2, 0.25) is 0 Å². The molecule has 0 saturated carbocycles. The van der Waals surface area contributed by atoms with Crippen molar-refractivity contribution in [3.8, 4) is 0 Å². The van der Waals surface area contributed by atoms with Gasteiger partial charge in [0.1, 0.15) is 0 Å². The maximum Gasteiger partial charge on any atom is 0.303 e. The zero-order valence-electron chi connectivity index (χ0n) is 14.9. The fraction of sp³-hybridized carbons (Fsp3) is 0.842. The van der Waals surface area contributed by atoms with Crippen LogP contribution in [0.15, 0.2) is 12.2 Å². The molecule has 22 heavy (non-hydrogen) atoms. The van der Waals surface area contributed by atoms with E-state index in [-0.39, 0.29) is 0 Å². The van der Waals surface area contributed by atoms with Gasteiger partial charge in [0.25, 0.3) is 0 Å². The molecule has 3 nitrogen and oxygen atoms in total. The van der Waals surface area contributed by atoms with Crippen molar-refractivity contribution in [1.29, 1.82) is 0 Å². The first kappa shape index (κ1) is 23.4. The van der Waals surface area contributed by atoms with Crippen LogP contribution >= 0.6 is 0 Å². The predicted octanol–water partition coefficient (Wildman–Crippen LogP) is 5.72. The third kappa shape index (κ3) is 24.2. The Morgan fingerprint density at radius 2 is 1.14 bits per heavy atom. The van der Waals surface area contributed by atoms with E-state index in [4.69, 9.17) is 10.2 Å². The van der Waals surface area contributed by atoms with Crippen LogP contribution in [0.3, 0.4) is 0 Å². The van der Waals surface area contributed by atoms with E-state index >= 15 is 0 Å². The van der Waals surface area contributed by atoms with Gasteiger partial charge in [-0.25, -0.2) is 0 Å². The van der Waals surface area contributed by atoms with Crippen LogP contribution in [0.25, 0.3) is 0 Å². The molecule has 0 fully saturated rings. The fourth-order valence-corrected chi connectivity index (χ4v) is 2.35. The Morgan fingerprint density at radius 1 is 0.727 bits per heavy atom. The smallest absolute Gasteiger partial charge is 0.303 e. The van der Waals surface area contributed by atoms with Gasteiger partial charge in [0.15, 0.2) is 0 Å². The Kier molecular flexibility index (Phi) is 23.9. The Bertz CT molecular complexity index is 237. The Balaban J connectivity index is 0. The molecule has 132 valence electrons. The van der Waals surface area contributed by atoms with E-state index in [2.05, 4.69) is 19.1 Å². The van der Waals surface area contributed by atoms with E-state index in [1.54, 1.807) is 0 Å². The van der Waals surface area contributed by atoms with Crippen molar-refractivity contribution in [3.63, 3.8) is 0 Å². The molecule has 0 aliphatic heterocycles. The SMILES string of the molecule is CCCCCCCC/C=C\CCCCCCCC(=O)O.CO. The lowest BCUT2D eigenvalue weighted by atomic mass is 10.1. The Hall–Kier alpha value is -0.830. The molecule has 2 N–H and O–H groups in total. The summed E-state index contributed by atoms with van der Waals surface area (Å²) in [6.45, 7) is 2.26. The second-order valence-electron chi connectivity index (χ2n) is 5.73. The lowest BCUT2D eigenvalue weighted by molar-refractivity contribution is -0.137. The lowest BCUT2D eigenvalue weighted by Crippen LogP contribution is -1.93. The predicted molar refractivity (Wildman–Crippen MR) is 95.2 cm³/mol. The maximum absolute atomic E-state index is 10.3. The molecule has 0 aliphatic carbocycles. The highest BCUT2D eigenvalue weighted by atomic mass is 16.4. The fourth-order valence-electron chi connectivity index (χ4n) is 2.35. The van der Waals surface area contributed by atoms with Crippen LogP contribution in [0.5, 0.6) is 0 Å². The number of allylic oxidation sites excluding steroid dienone is 2. The van der Waals surface area contributed by atoms with Gasteiger partial charge in [-0.05, 0) is 32.1 Å². The van der Waals surface area contributed by atoms with E-state index in [0.29, 0.717) is 6.42 Å². The van der Waals surface area contributed by atoms with Gasteiger partial charge in [-0.3, -0.25) is 4.79 Å². The standard InChI is InChI=1S/C18H34O2.CH4O/c1-2-3-4-5-6-7-8-9-10-11-12-13-14-15-16-17-18(19)20;1-2/h9-10H,2-8,11-17H2,1H3,(H,19,20);2H,1H3/b10-9-;. The highest BCUT2D eigenvalue weighted by molar-refractivity contribution is 5.66. The molecule has 0 heterocycles. The summed E-state index contributed by atoms with van der Waals surface area (Å²) in [6, 6.07) is 0. The van der Waals surface area contributed by atoms with Crippen LogP contribution in [0.1, 0.15) is 96.8 Å². The third-order valence-electron chi connectivity index (χ3n) is 3.65. The Morgan fingerprint density at radius 3 is 1.59 bits per heavy atom.